The summed E-state index contributed by atoms with van der Waals surface area (Å²) in [4.78, 5) is 19.0. The number of carboxylic acid groups (broad SMARTS) is 1. The fourth-order valence-corrected chi connectivity index (χ4v) is 1.92. The van der Waals surface area contributed by atoms with E-state index in [-0.39, 0.29) is 6.10 Å². The SMILES string of the molecule is O=C(O)C1CCC(c2nc3ncccc3o2)O1. The molecule has 0 aliphatic carbocycles. The molecule has 0 bridgehead atoms. The Kier molecular flexibility index (Phi) is 2.29. The van der Waals surface area contributed by atoms with E-state index in [2.05, 4.69) is 9.97 Å². The number of rotatable bonds is 2. The Hall–Kier alpha value is -1.95. The fraction of sp³-hybridized carbons (Fsp3) is 0.364. The molecule has 0 amide bonds. The maximum atomic E-state index is 10.8. The first kappa shape index (κ1) is 10.2. The van der Waals surface area contributed by atoms with Crippen LogP contribution >= 0.6 is 0 Å². The van der Waals surface area contributed by atoms with Gasteiger partial charge in [-0.05, 0) is 25.0 Å². The lowest BCUT2D eigenvalue weighted by atomic mass is 10.2. The topological polar surface area (TPSA) is 85.5 Å². The third kappa shape index (κ3) is 1.76. The standard InChI is InChI=1S/C11H10N2O4/c14-11(15)8-4-3-7(16-8)10-13-9-6(17-10)2-1-5-12-9/h1-2,5,7-8H,3-4H2,(H,14,15). The van der Waals surface area contributed by atoms with Gasteiger partial charge >= 0.3 is 5.97 Å². The van der Waals surface area contributed by atoms with Gasteiger partial charge in [-0.15, -0.1) is 0 Å². The molecule has 3 rings (SSSR count). The molecular weight excluding hydrogens is 224 g/mol. The quantitative estimate of drug-likeness (QED) is 0.847. The van der Waals surface area contributed by atoms with Crippen molar-refractivity contribution in [3.05, 3.63) is 24.2 Å². The van der Waals surface area contributed by atoms with Crippen LogP contribution in [-0.4, -0.2) is 27.1 Å². The Morgan fingerprint density at radius 3 is 3.06 bits per heavy atom. The molecule has 88 valence electrons. The fourth-order valence-electron chi connectivity index (χ4n) is 1.92. The number of carboxylic acids is 1. The van der Waals surface area contributed by atoms with Crippen LogP contribution in [0, 0.1) is 0 Å². The second kappa shape index (κ2) is 3.81. The summed E-state index contributed by atoms with van der Waals surface area (Å²) in [6.07, 6.45) is 1.56. The van der Waals surface area contributed by atoms with E-state index in [1.807, 2.05) is 0 Å². The van der Waals surface area contributed by atoms with Gasteiger partial charge in [-0.2, -0.15) is 4.98 Å². The van der Waals surface area contributed by atoms with Crippen LogP contribution in [0.3, 0.4) is 0 Å². The monoisotopic (exact) mass is 234 g/mol. The van der Waals surface area contributed by atoms with Gasteiger partial charge < -0.3 is 14.3 Å². The zero-order chi connectivity index (χ0) is 11.8. The van der Waals surface area contributed by atoms with Crippen LogP contribution in [0.1, 0.15) is 24.8 Å². The van der Waals surface area contributed by atoms with Crippen molar-refractivity contribution in [3.8, 4) is 0 Å². The number of fused-ring (bicyclic) bond motifs is 1. The number of aromatic nitrogens is 2. The van der Waals surface area contributed by atoms with Crippen molar-refractivity contribution in [2.45, 2.75) is 25.0 Å². The molecular formula is C11H10N2O4. The molecule has 1 aliphatic rings. The molecule has 2 unspecified atom stereocenters. The number of carbonyl (C=O) groups is 1. The minimum absolute atomic E-state index is 0.384. The van der Waals surface area contributed by atoms with E-state index in [9.17, 15) is 4.79 Å². The molecule has 0 aromatic carbocycles. The highest BCUT2D eigenvalue weighted by molar-refractivity contribution is 5.72. The summed E-state index contributed by atoms with van der Waals surface area (Å²) in [6.45, 7) is 0. The first-order chi connectivity index (χ1) is 8.24. The van der Waals surface area contributed by atoms with Crippen LogP contribution in [0.4, 0.5) is 0 Å². The predicted octanol–water partition coefficient (Wildman–Crippen LogP) is 1.53. The van der Waals surface area contributed by atoms with Crippen molar-refractivity contribution in [1.82, 2.24) is 9.97 Å². The molecule has 6 nitrogen and oxygen atoms in total. The molecule has 1 fully saturated rings. The summed E-state index contributed by atoms with van der Waals surface area (Å²) in [5.74, 6) is -0.538. The lowest BCUT2D eigenvalue weighted by Crippen LogP contribution is -2.18. The van der Waals surface area contributed by atoms with E-state index in [0.717, 1.165) is 0 Å². The van der Waals surface area contributed by atoms with Crippen LogP contribution in [0.15, 0.2) is 22.7 Å². The molecule has 1 N–H and O–H groups in total. The number of oxazole rings is 1. The smallest absolute Gasteiger partial charge is 0.332 e. The Morgan fingerprint density at radius 1 is 1.47 bits per heavy atom. The number of pyridine rings is 1. The van der Waals surface area contributed by atoms with E-state index in [0.29, 0.717) is 30.0 Å². The van der Waals surface area contributed by atoms with Gasteiger partial charge in [-0.25, -0.2) is 9.78 Å². The van der Waals surface area contributed by atoms with Gasteiger partial charge in [-0.1, -0.05) is 0 Å². The zero-order valence-corrected chi connectivity index (χ0v) is 8.87. The van der Waals surface area contributed by atoms with Crippen LogP contribution in [0.5, 0.6) is 0 Å². The van der Waals surface area contributed by atoms with Crippen molar-refractivity contribution in [1.29, 1.82) is 0 Å². The van der Waals surface area contributed by atoms with Crippen molar-refractivity contribution >= 4 is 17.2 Å². The van der Waals surface area contributed by atoms with Gasteiger partial charge in [0.2, 0.25) is 5.89 Å². The third-order valence-corrected chi connectivity index (χ3v) is 2.75. The molecule has 0 saturated carbocycles. The lowest BCUT2D eigenvalue weighted by Gasteiger charge is -2.06. The number of nitrogens with zero attached hydrogens (tertiary/aromatic N) is 2. The van der Waals surface area contributed by atoms with Gasteiger partial charge in [0.25, 0.3) is 0 Å². The van der Waals surface area contributed by atoms with Gasteiger partial charge in [0.05, 0.1) is 0 Å². The summed E-state index contributed by atoms with van der Waals surface area (Å²) in [6, 6.07) is 3.52. The number of aliphatic carboxylic acids is 1. The molecule has 17 heavy (non-hydrogen) atoms. The molecule has 0 radical (unpaired) electrons. The average Bonchev–Trinajstić information content (AvgIpc) is 2.95. The second-order valence-corrected chi connectivity index (χ2v) is 3.91. The number of ether oxygens (including phenoxy) is 1. The minimum atomic E-state index is -0.943. The van der Waals surface area contributed by atoms with Gasteiger partial charge in [0, 0.05) is 6.20 Å². The van der Waals surface area contributed by atoms with Crippen LogP contribution in [-0.2, 0) is 9.53 Å². The van der Waals surface area contributed by atoms with Gasteiger partial charge in [0.15, 0.2) is 17.3 Å². The predicted molar refractivity (Wildman–Crippen MR) is 56.3 cm³/mol. The van der Waals surface area contributed by atoms with E-state index in [1.165, 1.54) is 0 Å². The van der Waals surface area contributed by atoms with Crippen molar-refractivity contribution in [3.63, 3.8) is 0 Å². The summed E-state index contributed by atoms with van der Waals surface area (Å²) < 4.78 is 10.8. The van der Waals surface area contributed by atoms with Crippen LogP contribution < -0.4 is 0 Å². The average molecular weight is 234 g/mol. The largest absolute Gasteiger partial charge is 0.479 e. The normalized spacial score (nSPS) is 24.2. The summed E-state index contributed by atoms with van der Waals surface area (Å²) in [7, 11) is 0. The minimum Gasteiger partial charge on any atom is -0.479 e. The van der Waals surface area contributed by atoms with Crippen molar-refractivity contribution < 1.29 is 19.1 Å². The van der Waals surface area contributed by atoms with Crippen LogP contribution in [0.2, 0.25) is 0 Å². The Labute approximate surface area is 96.2 Å². The lowest BCUT2D eigenvalue weighted by molar-refractivity contribution is -0.149. The second-order valence-electron chi connectivity index (χ2n) is 3.91. The highest BCUT2D eigenvalue weighted by Crippen LogP contribution is 2.33. The Bertz CT molecular complexity index is 532. The van der Waals surface area contributed by atoms with Gasteiger partial charge in [0.1, 0.15) is 6.10 Å². The van der Waals surface area contributed by atoms with Crippen molar-refractivity contribution in [2.75, 3.05) is 0 Å². The number of hydrogen-bond donors (Lipinski definition) is 1. The highest BCUT2D eigenvalue weighted by Gasteiger charge is 2.34. The Balaban J connectivity index is 1.87. The van der Waals surface area contributed by atoms with Crippen LogP contribution in [0.25, 0.3) is 11.2 Å². The third-order valence-electron chi connectivity index (χ3n) is 2.75. The maximum Gasteiger partial charge on any atom is 0.332 e. The zero-order valence-electron chi connectivity index (χ0n) is 8.87. The van der Waals surface area contributed by atoms with E-state index in [4.69, 9.17) is 14.3 Å². The molecule has 1 aliphatic heterocycles. The molecule has 0 spiro atoms. The summed E-state index contributed by atoms with van der Waals surface area (Å²) in [5.41, 5.74) is 1.11. The van der Waals surface area contributed by atoms with Crippen molar-refractivity contribution in [2.24, 2.45) is 0 Å². The molecule has 3 heterocycles. The van der Waals surface area contributed by atoms with E-state index >= 15 is 0 Å². The molecule has 2 aromatic heterocycles. The Morgan fingerprint density at radius 2 is 2.35 bits per heavy atom. The first-order valence-electron chi connectivity index (χ1n) is 5.34. The molecule has 2 aromatic rings. The number of hydrogen-bond acceptors (Lipinski definition) is 5. The van der Waals surface area contributed by atoms with E-state index in [1.54, 1.807) is 18.3 Å². The molecule has 1 saturated heterocycles. The summed E-state index contributed by atoms with van der Waals surface area (Å²) >= 11 is 0. The first-order valence-corrected chi connectivity index (χ1v) is 5.34. The maximum absolute atomic E-state index is 10.8. The molecule has 6 heteroatoms. The van der Waals surface area contributed by atoms with Gasteiger partial charge in [-0.3, -0.25) is 0 Å². The van der Waals surface area contributed by atoms with E-state index < -0.39 is 12.1 Å². The highest BCUT2D eigenvalue weighted by atomic mass is 16.5. The summed E-state index contributed by atoms with van der Waals surface area (Å²) in [5, 5.41) is 8.83. The molecule has 2 atom stereocenters.